The summed E-state index contributed by atoms with van der Waals surface area (Å²) < 4.78 is 13.5. The second-order valence-electron chi connectivity index (χ2n) is 5.24. The number of hydrogen-bond acceptors (Lipinski definition) is 2. The van der Waals surface area contributed by atoms with E-state index in [0.29, 0.717) is 18.1 Å². The number of aromatic nitrogens is 1. The van der Waals surface area contributed by atoms with Crippen LogP contribution in [-0.4, -0.2) is 19.0 Å². The maximum atomic E-state index is 13.5. The zero-order chi connectivity index (χ0) is 16.9. The summed E-state index contributed by atoms with van der Waals surface area (Å²) in [4.78, 5) is 15.1. The predicted octanol–water partition coefficient (Wildman–Crippen LogP) is 3.29. The highest BCUT2D eigenvalue weighted by molar-refractivity contribution is 6.31. The van der Waals surface area contributed by atoms with E-state index in [9.17, 15) is 9.18 Å². The second-order valence-corrected chi connectivity index (χ2v) is 5.68. The maximum absolute atomic E-state index is 13.5. The molecule has 0 spiro atoms. The topological polar surface area (TPSA) is 55.3 Å². The van der Waals surface area contributed by atoms with Crippen LogP contribution in [0.3, 0.4) is 0 Å². The fraction of sp³-hybridized carbons (Fsp3) is 0.111. The first-order valence-corrected chi connectivity index (χ1v) is 7.89. The summed E-state index contributed by atoms with van der Waals surface area (Å²) in [7, 11) is 0. The number of halogens is 2. The molecule has 0 aliphatic heterocycles. The molecule has 0 atom stereocenters. The van der Waals surface area contributed by atoms with E-state index in [2.05, 4.69) is 15.6 Å². The summed E-state index contributed by atoms with van der Waals surface area (Å²) in [5.41, 5.74) is 1.90. The van der Waals surface area contributed by atoms with Crippen LogP contribution in [0.25, 0.3) is 10.9 Å². The van der Waals surface area contributed by atoms with Crippen LogP contribution in [0.15, 0.2) is 54.7 Å². The van der Waals surface area contributed by atoms with E-state index in [-0.39, 0.29) is 5.56 Å². The monoisotopic (exact) mass is 344 g/mol. The number of nitrogens with one attached hydrogen (secondary N) is 3. The Hall–Kier alpha value is -2.66. The highest BCUT2D eigenvalue weighted by Gasteiger charge is 2.10. The molecule has 24 heavy (non-hydrogen) atoms. The fourth-order valence-electron chi connectivity index (χ4n) is 2.44. The molecule has 122 valence electrons. The van der Waals surface area contributed by atoms with Crippen molar-refractivity contribution in [1.29, 1.82) is 0 Å². The van der Waals surface area contributed by atoms with Gasteiger partial charge in [0.2, 0.25) is 5.52 Å². The van der Waals surface area contributed by atoms with Crippen molar-refractivity contribution in [3.63, 3.8) is 0 Å². The Kier molecular flexibility index (Phi) is 4.91. The largest absolute Gasteiger partial charge is 0.382 e. The van der Waals surface area contributed by atoms with Crippen LogP contribution < -0.4 is 15.6 Å². The fourth-order valence-corrected chi connectivity index (χ4v) is 2.62. The third kappa shape index (κ3) is 3.63. The lowest BCUT2D eigenvalue weighted by Gasteiger charge is -2.09. The molecule has 1 heterocycles. The lowest BCUT2D eigenvalue weighted by atomic mass is 10.2. The average Bonchev–Trinajstić information content (AvgIpc) is 2.58. The van der Waals surface area contributed by atoms with Gasteiger partial charge < -0.3 is 10.6 Å². The quantitative estimate of drug-likeness (QED) is 0.698. The van der Waals surface area contributed by atoms with Crippen molar-refractivity contribution >= 4 is 34.1 Å². The van der Waals surface area contributed by atoms with Crippen LogP contribution >= 0.6 is 11.6 Å². The number of pyridine rings is 1. The summed E-state index contributed by atoms with van der Waals surface area (Å²) in [6, 6.07) is 13.4. The minimum atomic E-state index is -0.524. The number of hydrogen-bond donors (Lipinski definition) is 2. The van der Waals surface area contributed by atoms with Crippen LogP contribution in [0.5, 0.6) is 0 Å². The van der Waals surface area contributed by atoms with Crippen LogP contribution in [0.1, 0.15) is 10.4 Å². The molecule has 0 aliphatic rings. The van der Waals surface area contributed by atoms with Gasteiger partial charge in [-0.2, -0.15) is 0 Å². The van der Waals surface area contributed by atoms with Gasteiger partial charge in [0.15, 0.2) is 6.20 Å². The molecular formula is C18H16ClFN3O+. The molecule has 1 amide bonds. The standard InChI is InChI=1S/C18H15ClFN3O/c19-12-5-6-14-16(7-8-21-17(14)11-12)22-9-10-23-18(24)13-3-1-2-4-15(13)20/h1-8,11H,9-10H2,(H,21,22)(H,23,24)/p+1. The van der Waals surface area contributed by atoms with Gasteiger partial charge in [0.05, 0.1) is 16.6 Å². The van der Waals surface area contributed by atoms with Crippen LogP contribution in [0.2, 0.25) is 5.02 Å². The maximum Gasteiger partial charge on any atom is 0.254 e. The third-order valence-corrected chi connectivity index (χ3v) is 3.84. The van der Waals surface area contributed by atoms with Crippen molar-refractivity contribution in [2.24, 2.45) is 0 Å². The number of carbonyl (C=O) groups is 1. The van der Waals surface area contributed by atoms with Gasteiger partial charge in [-0.3, -0.25) is 4.79 Å². The molecule has 6 heteroatoms. The minimum Gasteiger partial charge on any atom is -0.382 e. The zero-order valence-corrected chi connectivity index (χ0v) is 13.5. The number of rotatable bonds is 5. The Bertz CT molecular complexity index is 885. The van der Waals surface area contributed by atoms with Gasteiger partial charge in [-0.15, -0.1) is 0 Å². The Morgan fingerprint density at radius 1 is 1.12 bits per heavy atom. The lowest BCUT2D eigenvalue weighted by molar-refractivity contribution is -0.344. The van der Waals surface area contributed by atoms with Crippen molar-refractivity contribution in [1.82, 2.24) is 5.32 Å². The number of benzene rings is 2. The van der Waals surface area contributed by atoms with E-state index in [1.54, 1.807) is 12.1 Å². The molecule has 0 fully saturated rings. The molecule has 4 nitrogen and oxygen atoms in total. The minimum absolute atomic E-state index is 0.0481. The van der Waals surface area contributed by atoms with Crippen LogP contribution in [-0.2, 0) is 0 Å². The predicted molar refractivity (Wildman–Crippen MR) is 92.7 cm³/mol. The number of H-pyrrole nitrogens is 1. The van der Waals surface area contributed by atoms with Crippen molar-refractivity contribution in [3.05, 3.63) is 71.1 Å². The molecule has 3 rings (SSSR count). The van der Waals surface area contributed by atoms with Gasteiger partial charge in [0.1, 0.15) is 5.82 Å². The number of anilines is 1. The van der Waals surface area contributed by atoms with Gasteiger partial charge in [0.25, 0.3) is 5.91 Å². The Morgan fingerprint density at radius 3 is 2.79 bits per heavy atom. The molecule has 3 N–H and O–H groups in total. The summed E-state index contributed by atoms with van der Waals surface area (Å²) in [5.74, 6) is -0.947. The van der Waals surface area contributed by atoms with Crippen LogP contribution in [0.4, 0.5) is 10.1 Å². The van der Waals surface area contributed by atoms with E-state index >= 15 is 0 Å². The first-order valence-electron chi connectivity index (χ1n) is 7.52. The highest BCUT2D eigenvalue weighted by Crippen LogP contribution is 2.22. The molecule has 0 bridgehead atoms. The van der Waals surface area contributed by atoms with Gasteiger partial charge >= 0.3 is 0 Å². The molecule has 0 saturated heterocycles. The molecule has 0 radical (unpaired) electrons. The second kappa shape index (κ2) is 7.27. The molecule has 0 aliphatic carbocycles. The van der Waals surface area contributed by atoms with Crippen molar-refractivity contribution < 1.29 is 14.2 Å². The number of aromatic amines is 1. The Morgan fingerprint density at radius 2 is 1.96 bits per heavy atom. The molecule has 3 aromatic rings. The Labute approximate surface area is 143 Å². The van der Waals surface area contributed by atoms with Crippen LogP contribution in [0, 0.1) is 5.82 Å². The summed E-state index contributed by atoms with van der Waals surface area (Å²) in [6.45, 7) is 0.892. The SMILES string of the molecule is O=C(NCCNc1cc[nH+]c2cc(Cl)ccc12)c1ccccc1F. The summed E-state index contributed by atoms with van der Waals surface area (Å²) in [5, 5.41) is 7.62. The number of amides is 1. The van der Waals surface area contributed by atoms with Gasteiger partial charge in [-0.05, 0) is 24.3 Å². The van der Waals surface area contributed by atoms with Crippen molar-refractivity contribution in [2.75, 3.05) is 18.4 Å². The molecule has 0 saturated carbocycles. The first kappa shape index (κ1) is 16.2. The Balaban J connectivity index is 1.59. The smallest absolute Gasteiger partial charge is 0.254 e. The van der Waals surface area contributed by atoms with E-state index in [1.807, 2.05) is 30.5 Å². The summed E-state index contributed by atoms with van der Waals surface area (Å²) >= 11 is 5.99. The highest BCUT2D eigenvalue weighted by atomic mass is 35.5. The first-order chi connectivity index (χ1) is 11.6. The van der Waals surface area contributed by atoms with Gasteiger partial charge in [0, 0.05) is 30.2 Å². The van der Waals surface area contributed by atoms with E-state index in [1.165, 1.54) is 12.1 Å². The lowest BCUT2D eigenvalue weighted by Crippen LogP contribution is -2.29. The zero-order valence-electron chi connectivity index (χ0n) is 12.8. The van der Waals surface area contributed by atoms with E-state index in [0.717, 1.165) is 16.6 Å². The summed E-state index contributed by atoms with van der Waals surface area (Å²) in [6.07, 6.45) is 1.82. The van der Waals surface area contributed by atoms with E-state index in [4.69, 9.17) is 11.6 Å². The average molecular weight is 345 g/mol. The molecule has 1 aromatic heterocycles. The normalized spacial score (nSPS) is 10.6. The van der Waals surface area contributed by atoms with Crippen molar-refractivity contribution in [3.8, 4) is 0 Å². The van der Waals surface area contributed by atoms with Gasteiger partial charge in [-0.25, -0.2) is 9.37 Å². The van der Waals surface area contributed by atoms with Gasteiger partial charge in [-0.1, -0.05) is 23.7 Å². The number of fused-ring (bicyclic) bond motifs is 1. The van der Waals surface area contributed by atoms with Crippen molar-refractivity contribution in [2.45, 2.75) is 0 Å². The third-order valence-electron chi connectivity index (χ3n) is 3.61. The molecule has 0 unspecified atom stereocenters. The molecule has 2 aromatic carbocycles. The number of carbonyl (C=O) groups excluding carboxylic acids is 1. The molecular weight excluding hydrogens is 329 g/mol. The van der Waals surface area contributed by atoms with E-state index < -0.39 is 11.7 Å².